The first-order chi connectivity index (χ1) is 10.9. The minimum atomic E-state index is -5.56. The van der Waals surface area contributed by atoms with E-state index in [-0.39, 0.29) is 29.6 Å². The van der Waals surface area contributed by atoms with Crippen LogP contribution in [0, 0.1) is 0 Å². The molecule has 0 aliphatic heterocycles. The molecule has 0 saturated heterocycles. The number of hydrogen-bond donors (Lipinski definition) is 0. The number of benzene rings is 2. The van der Waals surface area contributed by atoms with E-state index in [9.17, 15) is 39.3 Å². The third-order valence-electron chi connectivity index (χ3n) is 3.42. The largest absolute Gasteiger partial charge is 1.00 e. The molecule has 0 radical (unpaired) electrons. The first-order valence-electron chi connectivity index (χ1n) is 6.38. The number of halogens is 6. The summed E-state index contributed by atoms with van der Waals surface area (Å²) in [7, 11) is -4.94. The van der Waals surface area contributed by atoms with Crippen molar-refractivity contribution in [2.75, 3.05) is 0 Å². The van der Waals surface area contributed by atoms with Gasteiger partial charge >= 0.3 is 37.1 Å². The average molecular weight is 378 g/mol. The van der Waals surface area contributed by atoms with Crippen LogP contribution in [0.15, 0.2) is 41.3 Å². The second kappa shape index (κ2) is 7.19. The van der Waals surface area contributed by atoms with Crippen molar-refractivity contribution in [3.63, 3.8) is 0 Å². The van der Waals surface area contributed by atoms with Gasteiger partial charge in [-0.2, -0.15) is 17.6 Å². The van der Waals surface area contributed by atoms with Crippen molar-refractivity contribution in [2.24, 2.45) is 0 Å². The van der Waals surface area contributed by atoms with Crippen molar-refractivity contribution in [1.29, 1.82) is 0 Å². The van der Waals surface area contributed by atoms with Crippen LogP contribution in [-0.2, 0) is 16.5 Å². The molecule has 132 valence electrons. The topological polar surface area (TPSA) is 57.2 Å². The van der Waals surface area contributed by atoms with Crippen molar-refractivity contribution < 1.29 is 58.2 Å². The van der Waals surface area contributed by atoms with Crippen LogP contribution in [0.2, 0.25) is 0 Å². The Labute approximate surface area is 150 Å². The quantitative estimate of drug-likeness (QED) is 0.440. The molecule has 0 heterocycles. The summed E-state index contributed by atoms with van der Waals surface area (Å²) in [6.07, 6.45) is -6.32. The maximum absolute atomic E-state index is 13.6. The van der Waals surface area contributed by atoms with Crippen molar-refractivity contribution in [3.8, 4) is 0 Å². The van der Waals surface area contributed by atoms with Crippen LogP contribution in [0.4, 0.5) is 26.3 Å². The van der Waals surface area contributed by atoms with Crippen LogP contribution >= 0.6 is 0 Å². The molecule has 0 unspecified atom stereocenters. The zero-order valence-corrected chi connectivity index (χ0v) is 13.5. The van der Waals surface area contributed by atoms with Gasteiger partial charge in [0.2, 0.25) is 0 Å². The Balaban J connectivity index is 0.00000312. The summed E-state index contributed by atoms with van der Waals surface area (Å²) in [5, 5.41) is -0.458. The van der Waals surface area contributed by atoms with E-state index in [1.54, 1.807) is 0 Å². The van der Waals surface area contributed by atoms with E-state index in [2.05, 4.69) is 0 Å². The van der Waals surface area contributed by atoms with Gasteiger partial charge in [-0.3, -0.25) is 0 Å². The minimum Gasteiger partial charge on any atom is -0.744 e. The number of alkyl halides is 6. The van der Waals surface area contributed by atoms with Crippen LogP contribution in [0.5, 0.6) is 0 Å². The third-order valence-corrected chi connectivity index (χ3v) is 4.31. The van der Waals surface area contributed by atoms with Gasteiger partial charge in [0.1, 0.15) is 10.1 Å². The van der Waals surface area contributed by atoms with Gasteiger partial charge < -0.3 is 4.55 Å². The van der Waals surface area contributed by atoms with Gasteiger partial charge in [0.15, 0.2) is 0 Å². The molecule has 0 saturated carbocycles. The van der Waals surface area contributed by atoms with Gasteiger partial charge in [-0.15, -0.1) is 0 Å². The maximum Gasteiger partial charge on any atom is 1.00 e. The molecule has 2 aromatic carbocycles. The molecule has 0 aromatic heterocycles. The zero-order valence-electron chi connectivity index (χ0n) is 12.6. The van der Waals surface area contributed by atoms with Gasteiger partial charge in [-0.25, -0.2) is 17.2 Å². The monoisotopic (exact) mass is 378 g/mol. The van der Waals surface area contributed by atoms with E-state index in [0.29, 0.717) is 0 Å². The second-order valence-corrected chi connectivity index (χ2v) is 6.38. The summed E-state index contributed by atoms with van der Waals surface area (Å²) < 4.78 is 111. The molecule has 0 atom stereocenters. The number of rotatable bonds is 5. The van der Waals surface area contributed by atoms with Gasteiger partial charge in [-0.05, 0) is 22.4 Å². The molecular weight excluding hydrogens is 369 g/mol. The average Bonchev–Trinajstić information content (AvgIpc) is 2.45. The molecule has 0 spiro atoms. The van der Waals surface area contributed by atoms with E-state index in [1.165, 1.54) is 0 Å². The summed E-state index contributed by atoms with van der Waals surface area (Å²) in [6, 6.07) is 6.31. The molecule has 25 heavy (non-hydrogen) atoms. The summed E-state index contributed by atoms with van der Waals surface area (Å²) in [4.78, 5) is -0.717. The summed E-state index contributed by atoms with van der Waals surface area (Å²) in [5.74, 6) is -10.6. The fourth-order valence-electron chi connectivity index (χ4n) is 2.24. The second-order valence-electron chi connectivity index (χ2n) is 5.03. The predicted molar refractivity (Wildman–Crippen MR) is 71.5 cm³/mol. The fourth-order valence-corrected chi connectivity index (χ4v) is 2.93. The Hall–Kier alpha value is -1.21. The van der Waals surface area contributed by atoms with E-state index in [0.717, 1.165) is 36.4 Å². The number of fused-ring (bicyclic) bond motifs is 1. The van der Waals surface area contributed by atoms with Gasteiger partial charge in [0, 0.05) is 6.42 Å². The van der Waals surface area contributed by atoms with Crippen molar-refractivity contribution in [2.45, 2.75) is 29.6 Å². The first kappa shape index (κ1) is 21.8. The van der Waals surface area contributed by atoms with Crippen molar-refractivity contribution >= 4 is 20.9 Å². The Kier molecular flexibility index (Phi) is 6.28. The normalized spacial score (nSPS) is 13.1. The van der Waals surface area contributed by atoms with Crippen LogP contribution in [-0.4, -0.2) is 31.2 Å². The molecule has 2 aromatic rings. The molecule has 11 heteroatoms. The van der Waals surface area contributed by atoms with Crippen LogP contribution < -0.4 is 18.9 Å². The first-order valence-corrected chi connectivity index (χ1v) is 7.79. The third kappa shape index (κ3) is 4.14. The van der Waals surface area contributed by atoms with Crippen LogP contribution in [0.3, 0.4) is 0 Å². The van der Waals surface area contributed by atoms with Gasteiger partial charge in [0.25, 0.3) is 0 Å². The smallest absolute Gasteiger partial charge is 0.744 e. The molecule has 0 fully saturated rings. The maximum atomic E-state index is 13.6. The molecule has 2 rings (SSSR count). The van der Waals surface area contributed by atoms with E-state index >= 15 is 0 Å². The van der Waals surface area contributed by atoms with Crippen LogP contribution in [0.25, 0.3) is 10.8 Å². The van der Waals surface area contributed by atoms with E-state index in [1.807, 2.05) is 0 Å². The Morgan fingerprint density at radius 2 is 1.48 bits per heavy atom. The summed E-state index contributed by atoms with van der Waals surface area (Å²) in [6.45, 7) is 0. The van der Waals surface area contributed by atoms with E-state index in [4.69, 9.17) is 0 Å². The summed E-state index contributed by atoms with van der Waals surface area (Å²) in [5.41, 5.74) is -0.483. The Morgan fingerprint density at radius 3 is 2.00 bits per heavy atom. The minimum absolute atomic E-state index is 0. The Bertz CT molecular complexity index is 870. The standard InChI is InChI=1S/C14H10F6O3S.Li/c15-12(16)14(19,20)13(17,18)7-8-3-1-5-10-9(8)4-2-6-11(10)24(21,22)23;/h1-6,12H,7H2,(H,21,22,23);/q;+1/p-1. The molecule has 0 N–H and O–H groups in total. The van der Waals surface area contributed by atoms with Gasteiger partial charge in [0.05, 0.1) is 4.90 Å². The predicted octanol–water partition coefficient (Wildman–Crippen LogP) is 0.826. The zero-order chi connectivity index (χ0) is 18.3. The molecule has 0 aliphatic carbocycles. The van der Waals surface area contributed by atoms with Crippen molar-refractivity contribution in [3.05, 3.63) is 42.0 Å². The Morgan fingerprint density at radius 1 is 0.960 bits per heavy atom. The van der Waals surface area contributed by atoms with Crippen molar-refractivity contribution in [1.82, 2.24) is 0 Å². The fraction of sp³-hybridized carbons (Fsp3) is 0.286. The summed E-state index contributed by atoms with van der Waals surface area (Å²) >= 11 is 0. The van der Waals surface area contributed by atoms with E-state index < -0.39 is 45.3 Å². The number of hydrogen-bond acceptors (Lipinski definition) is 3. The molecular formula is C14H9F6LiO3S. The molecule has 3 nitrogen and oxygen atoms in total. The molecule has 0 aliphatic rings. The van der Waals surface area contributed by atoms with Gasteiger partial charge in [-0.1, -0.05) is 30.3 Å². The van der Waals surface area contributed by atoms with Crippen LogP contribution in [0.1, 0.15) is 5.56 Å². The molecule has 0 bridgehead atoms. The molecule has 0 amide bonds. The SMILES string of the molecule is O=S(=O)([O-])c1cccc2c(CC(F)(F)C(F)(F)C(F)F)cccc12.[Li+].